The van der Waals surface area contributed by atoms with E-state index >= 15 is 0 Å². The van der Waals surface area contributed by atoms with Gasteiger partial charge in [-0.3, -0.25) is 15.3 Å². The number of nitro benzene ring substituents is 1. The fourth-order valence-corrected chi connectivity index (χ4v) is 0.974. The van der Waals surface area contributed by atoms with Crippen LogP contribution in [0.5, 0.6) is 0 Å². The molecule has 0 fully saturated rings. The standard InChI is InChI=1S/C8H9N3O4/c9-8(12)10(13)5-6-1-3-7(4-2-6)11(14)15/h1-4,13H,5H2,(H2,9,12). The summed E-state index contributed by atoms with van der Waals surface area (Å²) < 4.78 is 0. The van der Waals surface area contributed by atoms with E-state index < -0.39 is 11.0 Å². The number of carbonyl (C=O) groups excluding carboxylic acids is 1. The van der Waals surface area contributed by atoms with Gasteiger partial charge in [-0.2, -0.15) is 0 Å². The molecule has 0 bridgehead atoms. The molecule has 0 aliphatic heterocycles. The predicted molar refractivity (Wildman–Crippen MR) is 50.0 cm³/mol. The molecule has 3 N–H and O–H groups in total. The first-order valence-corrected chi connectivity index (χ1v) is 4.00. The number of nitro groups is 1. The van der Waals surface area contributed by atoms with E-state index in [2.05, 4.69) is 0 Å². The molecule has 0 atom stereocenters. The Bertz CT molecular complexity index is 376. The summed E-state index contributed by atoms with van der Waals surface area (Å²) in [6, 6.07) is 4.46. The maximum absolute atomic E-state index is 10.5. The quantitative estimate of drug-likeness (QED) is 0.439. The number of hydroxylamine groups is 2. The molecule has 0 aliphatic carbocycles. The Labute approximate surface area is 84.8 Å². The van der Waals surface area contributed by atoms with Gasteiger partial charge >= 0.3 is 6.03 Å². The van der Waals surface area contributed by atoms with Gasteiger partial charge in [0, 0.05) is 12.1 Å². The second-order valence-electron chi connectivity index (χ2n) is 2.82. The average molecular weight is 211 g/mol. The zero-order chi connectivity index (χ0) is 11.4. The third-order valence-electron chi connectivity index (χ3n) is 1.73. The molecule has 0 saturated heterocycles. The number of benzene rings is 1. The fraction of sp³-hybridized carbons (Fsp3) is 0.125. The van der Waals surface area contributed by atoms with Crippen molar-refractivity contribution in [3.05, 3.63) is 39.9 Å². The fourth-order valence-electron chi connectivity index (χ4n) is 0.974. The van der Waals surface area contributed by atoms with Crippen LogP contribution in [-0.2, 0) is 6.54 Å². The Hall–Kier alpha value is -2.15. The van der Waals surface area contributed by atoms with Crippen molar-refractivity contribution in [2.45, 2.75) is 6.54 Å². The minimum Gasteiger partial charge on any atom is -0.350 e. The minimum absolute atomic E-state index is 0.0534. The third kappa shape index (κ3) is 2.92. The molecule has 15 heavy (non-hydrogen) atoms. The van der Waals surface area contributed by atoms with Crippen molar-refractivity contribution in [1.29, 1.82) is 0 Å². The Morgan fingerprint density at radius 1 is 1.47 bits per heavy atom. The first kappa shape index (κ1) is 10.9. The lowest BCUT2D eigenvalue weighted by Gasteiger charge is -2.11. The molecular weight excluding hydrogens is 202 g/mol. The molecule has 0 spiro atoms. The van der Waals surface area contributed by atoms with Crippen LogP contribution < -0.4 is 5.73 Å². The summed E-state index contributed by atoms with van der Waals surface area (Å²) in [5.74, 6) is 0. The Kier molecular flexibility index (Phi) is 3.19. The van der Waals surface area contributed by atoms with Crippen molar-refractivity contribution in [2.24, 2.45) is 5.73 Å². The van der Waals surface area contributed by atoms with E-state index in [0.29, 0.717) is 10.6 Å². The van der Waals surface area contributed by atoms with Gasteiger partial charge in [-0.15, -0.1) is 0 Å². The molecule has 7 nitrogen and oxygen atoms in total. The molecule has 7 heteroatoms. The first-order valence-electron chi connectivity index (χ1n) is 4.00. The number of primary amides is 1. The van der Waals surface area contributed by atoms with Gasteiger partial charge < -0.3 is 5.73 Å². The van der Waals surface area contributed by atoms with Crippen LogP contribution in [0.1, 0.15) is 5.56 Å². The largest absolute Gasteiger partial charge is 0.350 e. The van der Waals surface area contributed by atoms with Gasteiger partial charge in [0.1, 0.15) is 0 Å². The smallest absolute Gasteiger partial charge is 0.338 e. The monoisotopic (exact) mass is 211 g/mol. The minimum atomic E-state index is -0.978. The van der Waals surface area contributed by atoms with Gasteiger partial charge in [0.15, 0.2) is 0 Å². The number of hydrogen-bond donors (Lipinski definition) is 2. The highest BCUT2D eigenvalue weighted by Crippen LogP contribution is 2.12. The van der Waals surface area contributed by atoms with Gasteiger partial charge in [0.25, 0.3) is 5.69 Å². The van der Waals surface area contributed by atoms with Crippen molar-refractivity contribution in [3.63, 3.8) is 0 Å². The zero-order valence-corrected chi connectivity index (χ0v) is 7.66. The number of hydrogen-bond acceptors (Lipinski definition) is 4. The molecule has 0 unspecified atom stereocenters. The lowest BCUT2D eigenvalue weighted by molar-refractivity contribution is -0.384. The highest BCUT2D eigenvalue weighted by molar-refractivity contribution is 5.70. The number of carbonyl (C=O) groups is 1. The van der Waals surface area contributed by atoms with Gasteiger partial charge in [-0.25, -0.2) is 9.86 Å². The lowest BCUT2D eigenvalue weighted by Crippen LogP contribution is -2.31. The lowest BCUT2D eigenvalue weighted by atomic mass is 10.2. The molecule has 1 aromatic rings. The van der Waals surface area contributed by atoms with Gasteiger partial charge in [0.2, 0.25) is 0 Å². The van der Waals surface area contributed by atoms with Crippen LogP contribution in [0, 0.1) is 10.1 Å². The van der Waals surface area contributed by atoms with Crippen molar-refractivity contribution in [3.8, 4) is 0 Å². The molecule has 0 radical (unpaired) electrons. The summed E-state index contributed by atoms with van der Waals surface area (Å²) in [6.45, 7) is -0.104. The number of nitrogens with zero attached hydrogens (tertiary/aromatic N) is 2. The van der Waals surface area contributed by atoms with Crippen molar-refractivity contribution >= 4 is 11.7 Å². The highest BCUT2D eigenvalue weighted by Gasteiger charge is 2.08. The summed E-state index contributed by atoms with van der Waals surface area (Å²) in [6.07, 6.45) is 0. The van der Waals surface area contributed by atoms with Crippen molar-refractivity contribution in [2.75, 3.05) is 0 Å². The number of non-ortho nitro benzene ring substituents is 1. The van der Waals surface area contributed by atoms with Crippen molar-refractivity contribution < 1.29 is 14.9 Å². The molecular formula is C8H9N3O4. The number of rotatable bonds is 3. The molecule has 1 aromatic carbocycles. The van der Waals surface area contributed by atoms with Crippen LogP contribution in [0.15, 0.2) is 24.3 Å². The van der Waals surface area contributed by atoms with Gasteiger partial charge in [0.05, 0.1) is 11.5 Å². The number of amides is 2. The topological polar surface area (TPSA) is 110 Å². The molecule has 1 rings (SSSR count). The number of urea groups is 1. The molecule has 0 saturated carbocycles. The summed E-state index contributed by atoms with van der Waals surface area (Å²) >= 11 is 0. The predicted octanol–water partition coefficient (Wildman–Crippen LogP) is 0.865. The summed E-state index contributed by atoms with van der Waals surface area (Å²) in [5, 5.41) is 19.6. The van der Waals surface area contributed by atoms with E-state index in [1.54, 1.807) is 0 Å². The van der Waals surface area contributed by atoms with E-state index in [9.17, 15) is 14.9 Å². The Balaban J connectivity index is 2.72. The normalized spacial score (nSPS) is 9.67. The average Bonchev–Trinajstić information content (AvgIpc) is 2.18. The van der Waals surface area contributed by atoms with Crippen LogP contribution >= 0.6 is 0 Å². The van der Waals surface area contributed by atoms with E-state index in [1.807, 2.05) is 0 Å². The van der Waals surface area contributed by atoms with Crippen LogP contribution in [0.2, 0.25) is 0 Å². The van der Waals surface area contributed by atoms with Crippen molar-refractivity contribution in [1.82, 2.24) is 5.06 Å². The second-order valence-corrected chi connectivity index (χ2v) is 2.82. The molecule has 80 valence electrons. The maximum atomic E-state index is 10.5. The maximum Gasteiger partial charge on any atom is 0.338 e. The summed E-state index contributed by atoms with van der Waals surface area (Å²) in [7, 11) is 0. The molecule has 2 amide bonds. The van der Waals surface area contributed by atoms with E-state index in [1.165, 1.54) is 24.3 Å². The molecule has 0 aromatic heterocycles. The first-order chi connectivity index (χ1) is 7.00. The number of nitrogens with two attached hydrogens (primary N) is 1. The SMILES string of the molecule is NC(=O)N(O)Cc1ccc([N+](=O)[O-])cc1. The second kappa shape index (κ2) is 4.38. The van der Waals surface area contributed by atoms with E-state index in [4.69, 9.17) is 10.9 Å². The van der Waals surface area contributed by atoms with E-state index in [0.717, 1.165) is 0 Å². The third-order valence-corrected chi connectivity index (χ3v) is 1.73. The zero-order valence-electron chi connectivity index (χ0n) is 7.66. The van der Waals surface area contributed by atoms with Crippen LogP contribution in [0.4, 0.5) is 10.5 Å². The van der Waals surface area contributed by atoms with Crippen LogP contribution in [-0.4, -0.2) is 21.2 Å². The van der Waals surface area contributed by atoms with Gasteiger partial charge in [-0.1, -0.05) is 12.1 Å². The summed E-state index contributed by atoms with van der Waals surface area (Å²) in [4.78, 5) is 20.2. The highest BCUT2D eigenvalue weighted by atomic mass is 16.6. The van der Waals surface area contributed by atoms with Crippen LogP contribution in [0.3, 0.4) is 0 Å². The Morgan fingerprint density at radius 3 is 2.40 bits per heavy atom. The molecule has 0 heterocycles. The van der Waals surface area contributed by atoms with Crippen LogP contribution in [0.25, 0.3) is 0 Å². The summed E-state index contributed by atoms with van der Waals surface area (Å²) in [5.41, 5.74) is 5.28. The Morgan fingerprint density at radius 2 is 2.00 bits per heavy atom. The van der Waals surface area contributed by atoms with Gasteiger partial charge in [-0.05, 0) is 5.56 Å². The molecule has 0 aliphatic rings. The van der Waals surface area contributed by atoms with E-state index in [-0.39, 0.29) is 12.2 Å².